The molecule has 0 bridgehead atoms. The van der Waals surface area contributed by atoms with Crippen LogP contribution in [0.4, 0.5) is 0 Å². The summed E-state index contributed by atoms with van der Waals surface area (Å²) in [7, 11) is 0. The molecule has 1 atom stereocenters. The average Bonchev–Trinajstić information content (AvgIpc) is 2.34. The lowest BCUT2D eigenvalue weighted by Gasteiger charge is -2.27. The lowest BCUT2D eigenvalue weighted by molar-refractivity contribution is -0.145. The van der Waals surface area contributed by atoms with E-state index in [4.69, 9.17) is 9.84 Å². The van der Waals surface area contributed by atoms with Crippen LogP contribution in [-0.4, -0.2) is 29.6 Å². The molecule has 0 aliphatic heterocycles. The van der Waals surface area contributed by atoms with Crippen molar-refractivity contribution in [3.63, 3.8) is 0 Å². The molecule has 1 rings (SSSR count). The number of carboxylic acids is 1. The molecule has 5 nitrogen and oxygen atoms in total. The number of hydrogen-bond donors (Lipinski definition) is 2. The lowest BCUT2D eigenvalue weighted by Crippen LogP contribution is -2.49. The van der Waals surface area contributed by atoms with Gasteiger partial charge >= 0.3 is 5.97 Å². The summed E-state index contributed by atoms with van der Waals surface area (Å²) in [5, 5.41) is 11.7. The third-order valence-electron chi connectivity index (χ3n) is 2.81. The van der Waals surface area contributed by atoms with E-state index in [9.17, 15) is 9.59 Å². The summed E-state index contributed by atoms with van der Waals surface area (Å²) in [6.45, 7) is 5.50. The topological polar surface area (TPSA) is 75.6 Å². The lowest BCUT2D eigenvalue weighted by atomic mass is 9.86. The van der Waals surface area contributed by atoms with Crippen molar-refractivity contribution >= 4 is 27.8 Å². The third-order valence-corrected chi connectivity index (χ3v) is 3.31. The van der Waals surface area contributed by atoms with Crippen molar-refractivity contribution in [3.8, 4) is 5.75 Å². The Labute approximate surface area is 132 Å². The van der Waals surface area contributed by atoms with E-state index < -0.39 is 17.4 Å². The SMILES string of the molecule is CC(C)(C)C(NC(=O)CCOc1cccc(Br)c1)C(=O)O. The normalized spacial score (nSPS) is 12.6. The van der Waals surface area contributed by atoms with Crippen molar-refractivity contribution in [2.75, 3.05) is 6.61 Å². The van der Waals surface area contributed by atoms with Gasteiger partial charge in [0.05, 0.1) is 13.0 Å². The zero-order chi connectivity index (χ0) is 16.0. The Kier molecular flexibility index (Phi) is 6.20. The Morgan fingerprint density at radius 3 is 2.57 bits per heavy atom. The van der Waals surface area contributed by atoms with Crippen molar-refractivity contribution < 1.29 is 19.4 Å². The number of benzene rings is 1. The highest BCUT2D eigenvalue weighted by Crippen LogP contribution is 2.20. The number of amides is 1. The Hall–Kier alpha value is -1.56. The highest BCUT2D eigenvalue weighted by atomic mass is 79.9. The van der Waals surface area contributed by atoms with Crippen LogP contribution >= 0.6 is 15.9 Å². The van der Waals surface area contributed by atoms with Gasteiger partial charge in [-0.25, -0.2) is 4.79 Å². The Bertz CT molecular complexity index is 511. The molecule has 2 N–H and O–H groups in total. The van der Waals surface area contributed by atoms with Gasteiger partial charge in [-0.1, -0.05) is 42.8 Å². The van der Waals surface area contributed by atoms with E-state index in [-0.39, 0.29) is 18.9 Å². The predicted molar refractivity (Wildman–Crippen MR) is 83.3 cm³/mol. The molecule has 1 aromatic carbocycles. The molecule has 0 radical (unpaired) electrons. The zero-order valence-electron chi connectivity index (χ0n) is 12.4. The molecule has 116 valence electrons. The van der Waals surface area contributed by atoms with Crippen molar-refractivity contribution in [2.24, 2.45) is 5.41 Å². The number of carboxylic acid groups (broad SMARTS) is 1. The fourth-order valence-electron chi connectivity index (χ4n) is 1.70. The predicted octanol–water partition coefficient (Wildman–Crippen LogP) is 2.83. The first-order valence-electron chi connectivity index (χ1n) is 6.60. The summed E-state index contributed by atoms with van der Waals surface area (Å²) in [5.41, 5.74) is -0.549. The second kappa shape index (κ2) is 7.45. The van der Waals surface area contributed by atoms with E-state index in [1.54, 1.807) is 32.9 Å². The molecular weight excluding hydrogens is 338 g/mol. The molecule has 0 aliphatic rings. The zero-order valence-corrected chi connectivity index (χ0v) is 13.9. The highest BCUT2D eigenvalue weighted by Gasteiger charge is 2.32. The number of halogens is 1. The number of rotatable bonds is 6. The first-order valence-corrected chi connectivity index (χ1v) is 7.40. The standard InChI is InChI=1S/C15H20BrNO4/c1-15(2,3)13(14(19)20)17-12(18)7-8-21-11-6-4-5-10(16)9-11/h4-6,9,13H,7-8H2,1-3H3,(H,17,18)(H,19,20). The monoisotopic (exact) mass is 357 g/mol. The fraction of sp³-hybridized carbons (Fsp3) is 0.467. The molecule has 0 heterocycles. The number of carbonyl (C=O) groups excluding carboxylic acids is 1. The maximum absolute atomic E-state index is 11.8. The van der Waals surface area contributed by atoms with Gasteiger partial charge in [0.1, 0.15) is 11.8 Å². The third kappa shape index (κ3) is 6.16. The molecule has 6 heteroatoms. The summed E-state index contributed by atoms with van der Waals surface area (Å²) < 4.78 is 6.34. The minimum absolute atomic E-state index is 0.104. The Morgan fingerprint density at radius 2 is 2.05 bits per heavy atom. The van der Waals surface area contributed by atoms with Crippen LogP contribution < -0.4 is 10.1 Å². The van der Waals surface area contributed by atoms with Crippen LogP contribution in [0.15, 0.2) is 28.7 Å². The van der Waals surface area contributed by atoms with Crippen LogP contribution in [0.25, 0.3) is 0 Å². The Balaban J connectivity index is 2.45. The minimum atomic E-state index is -1.04. The van der Waals surface area contributed by atoms with Gasteiger partial charge in [0.25, 0.3) is 0 Å². The molecule has 0 saturated heterocycles. The highest BCUT2D eigenvalue weighted by molar-refractivity contribution is 9.10. The van der Waals surface area contributed by atoms with Gasteiger partial charge in [0, 0.05) is 4.47 Å². The fourth-order valence-corrected chi connectivity index (χ4v) is 2.08. The van der Waals surface area contributed by atoms with Gasteiger partial charge < -0.3 is 15.2 Å². The van der Waals surface area contributed by atoms with Crippen molar-refractivity contribution in [1.29, 1.82) is 0 Å². The molecule has 0 fully saturated rings. The van der Waals surface area contributed by atoms with Crippen LogP contribution in [0, 0.1) is 5.41 Å². The van der Waals surface area contributed by atoms with Crippen LogP contribution in [0.2, 0.25) is 0 Å². The van der Waals surface area contributed by atoms with Crippen LogP contribution in [0.1, 0.15) is 27.2 Å². The van der Waals surface area contributed by atoms with E-state index in [1.807, 2.05) is 12.1 Å². The average molecular weight is 358 g/mol. The van der Waals surface area contributed by atoms with E-state index in [0.29, 0.717) is 5.75 Å². The number of ether oxygens (including phenoxy) is 1. The van der Waals surface area contributed by atoms with Crippen LogP contribution in [0.3, 0.4) is 0 Å². The largest absolute Gasteiger partial charge is 0.493 e. The van der Waals surface area contributed by atoms with Gasteiger partial charge in [0.15, 0.2) is 0 Å². The second-order valence-corrected chi connectivity index (χ2v) is 6.68. The molecule has 0 aromatic heterocycles. The molecular formula is C15H20BrNO4. The summed E-state index contributed by atoms with van der Waals surface area (Å²) >= 11 is 3.33. The molecule has 1 unspecified atom stereocenters. The molecule has 0 aliphatic carbocycles. The van der Waals surface area contributed by atoms with Gasteiger partial charge in [0.2, 0.25) is 5.91 Å². The summed E-state index contributed by atoms with van der Waals surface area (Å²) in [5.74, 6) is -0.723. The molecule has 21 heavy (non-hydrogen) atoms. The van der Waals surface area contributed by atoms with Gasteiger partial charge in [-0.05, 0) is 23.6 Å². The summed E-state index contributed by atoms with van der Waals surface area (Å²) in [6.07, 6.45) is 0.104. The van der Waals surface area contributed by atoms with Crippen LogP contribution in [-0.2, 0) is 9.59 Å². The first kappa shape index (κ1) is 17.5. The molecule has 1 amide bonds. The summed E-state index contributed by atoms with van der Waals surface area (Å²) in [6, 6.07) is 6.38. The number of hydrogen-bond acceptors (Lipinski definition) is 3. The van der Waals surface area contributed by atoms with E-state index in [1.165, 1.54) is 0 Å². The molecule has 0 saturated carbocycles. The Morgan fingerprint density at radius 1 is 1.38 bits per heavy atom. The summed E-state index contributed by atoms with van der Waals surface area (Å²) in [4.78, 5) is 23.0. The van der Waals surface area contributed by atoms with Crippen molar-refractivity contribution in [3.05, 3.63) is 28.7 Å². The van der Waals surface area contributed by atoms with Gasteiger partial charge in [-0.2, -0.15) is 0 Å². The van der Waals surface area contributed by atoms with E-state index in [0.717, 1.165) is 4.47 Å². The van der Waals surface area contributed by atoms with Crippen molar-refractivity contribution in [1.82, 2.24) is 5.32 Å². The van der Waals surface area contributed by atoms with Gasteiger partial charge in [-0.3, -0.25) is 4.79 Å². The molecule has 0 spiro atoms. The second-order valence-electron chi connectivity index (χ2n) is 5.76. The number of nitrogens with one attached hydrogen (secondary N) is 1. The molecule has 1 aromatic rings. The van der Waals surface area contributed by atoms with Gasteiger partial charge in [-0.15, -0.1) is 0 Å². The minimum Gasteiger partial charge on any atom is -0.493 e. The van der Waals surface area contributed by atoms with Crippen molar-refractivity contribution in [2.45, 2.75) is 33.2 Å². The maximum Gasteiger partial charge on any atom is 0.326 e. The van der Waals surface area contributed by atoms with E-state index in [2.05, 4.69) is 21.2 Å². The first-order chi connectivity index (χ1) is 9.70. The number of carbonyl (C=O) groups is 2. The quantitative estimate of drug-likeness (QED) is 0.820. The van der Waals surface area contributed by atoms with Crippen LogP contribution in [0.5, 0.6) is 5.75 Å². The number of aliphatic carboxylic acids is 1. The van der Waals surface area contributed by atoms with E-state index >= 15 is 0 Å². The maximum atomic E-state index is 11.8. The smallest absolute Gasteiger partial charge is 0.326 e.